The first-order valence-corrected chi connectivity index (χ1v) is 7.69. The van der Waals surface area contributed by atoms with Crippen LogP contribution < -0.4 is 4.72 Å². The second kappa shape index (κ2) is 6.40. The number of rotatable bonds is 5. The topological polar surface area (TPSA) is 72.5 Å². The van der Waals surface area contributed by atoms with Crippen LogP contribution in [-0.2, 0) is 19.6 Å². The van der Waals surface area contributed by atoms with E-state index in [1.54, 1.807) is 12.1 Å². The van der Waals surface area contributed by atoms with Crippen molar-refractivity contribution >= 4 is 49.2 Å². The van der Waals surface area contributed by atoms with Crippen LogP contribution in [0.25, 0.3) is 0 Å². The summed E-state index contributed by atoms with van der Waals surface area (Å²) < 4.78 is 30.7. The number of hydrogen-bond acceptors (Lipinski definition) is 4. The SMILES string of the molecule is COC(=O)CCS(=O)(=O)Nc1ccc(Br)c(Cl)c1. The fourth-order valence-electron chi connectivity index (χ4n) is 1.11. The van der Waals surface area contributed by atoms with Crippen LogP contribution in [0.3, 0.4) is 0 Å². The number of carbonyl (C=O) groups excluding carboxylic acids is 1. The Labute approximate surface area is 119 Å². The molecule has 1 N–H and O–H groups in total. The minimum atomic E-state index is -3.59. The quantitative estimate of drug-likeness (QED) is 0.822. The number of ether oxygens (including phenoxy) is 1. The van der Waals surface area contributed by atoms with Gasteiger partial charge in [0.2, 0.25) is 10.0 Å². The average Bonchev–Trinajstić information content (AvgIpc) is 2.30. The van der Waals surface area contributed by atoms with Gasteiger partial charge in [-0.25, -0.2) is 8.42 Å². The average molecular weight is 357 g/mol. The molecule has 0 amide bonds. The Morgan fingerprint density at radius 1 is 1.50 bits per heavy atom. The van der Waals surface area contributed by atoms with Gasteiger partial charge >= 0.3 is 5.97 Å². The highest BCUT2D eigenvalue weighted by atomic mass is 79.9. The lowest BCUT2D eigenvalue weighted by atomic mass is 10.3. The van der Waals surface area contributed by atoms with E-state index in [1.165, 1.54) is 13.2 Å². The first kappa shape index (κ1) is 15.3. The first-order chi connectivity index (χ1) is 8.34. The van der Waals surface area contributed by atoms with Crippen LogP contribution in [0.5, 0.6) is 0 Å². The first-order valence-electron chi connectivity index (χ1n) is 4.86. The number of nitrogens with one attached hydrogen (secondary N) is 1. The molecule has 0 fully saturated rings. The summed E-state index contributed by atoms with van der Waals surface area (Å²) in [6.45, 7) is 0. The Hall–Kier alpha value is -0.790. The summed E-state index contributed by atoms with van der Waals surface area (Å²) in [5.74, 6) is -0.915. The Morgan fingerprint density at radius 2 is 2.17 bits per heavy atom. The second-order valence-electron chi connectivity index (χ2n) is 3.38. The molecule has 0 bridgehead atoms. The van der Waals surface area contributed by atoms with Crippen LogP contribution in [0, 0.1) is 0 Å². The fourth-order valence-corrected chi connectivity index (χ4v) is 2.56. The lowest BCUT2D eigenvalue weighted by molar-refractivity contribution is -0.140. The summed E-state index contributed by atoms with van der Waals surface area (Å²) in [5.41, 5.74) is 0.341. The number of carbonyl (C=O) groups is 1. The minimum Gasteiger partial charge on any atom is -0.469 e. The lowest BCUT2D eigenvalue weighted by Gasteiger charge is -2.08. The normalized spacial score (nSPS) is 11.1. The molecule has 1 aromatic rings. The van der Waals surface area contributed by atoms with E-state index in [4.69, 9.17) is 11.6 Å². The van der Waals surface area contributed by atoms with Crippen molar-refractivity contribution in [3.63, 3.8) is 0 Å². The van der Waals surface area contributed by atoms with Crippen LogP contribution in [0.2, 0.25) is 5.02 Å². The number of methoxy groups -OCH3 is 1. The highest BCUT2D eigenvalue weighted by Crippen LogP contribution is 2.26. The molecule has 0 unspecified atom stereocenters. The van der Waals surface area contributed by atoms with Gasteiger partial charge in [-0.05, 0) is 34.1 Å². The van der Waals surface area contributed by atoms with E-state index in [2.05, 4.69) is 25.4 Å². The molecule has 0 saturated carbocycles. The Kier molecular flexibility index (Phi) is 5.43. The molecule has 0 heterocycles. The van der Waals surface area contributed by atoms with Crippen molar-refractivity contribution in [1.29, 1.82) is 0 Å². The zero-order chi connectivity index (χ0) is 13.8. The number of esters is 1. The standard InChI is InChI=1S/C10H11BrClNO4S/c1-17-10(14)4-5-18(15,16)13-7-2-3-8(11)9(12)6-7/h2-3,6,13H,4-5H2,1H3. The molecule has 0 aliphatic carbocycles. The van der Waals surface area contributed by atoms with Gasteiger partial charge in [-0.15, -0.1) is 0 Å². The molecule has 0 atom stereocenters. The minimum absolute atomic E-state index is 0.198. The molecule has 8 heteroatoms. The Balaban J connectivity index is 2.70. The van der Waals surface area contributed by atoms with Gasteiger partial charge in [0.05, 0.1) is 30.0 Å². The highest BCUT2D eigenvalue weighted by Gasteiger charge is 2.14. The number of sulfonamides is 1. The maximum absolute atomic E-state index is 11.6. The van der Waals surface area contributed by atoms with Crippen LogP contribution in [0.1, 0.15) is 6.42 Å². The van der Waals surface area contributed by atoms with Crippen molar-refractivity contribution in [3.8, 4) is 0 Å². The van der Waals surface area contributed by atoms with Gasteiger partial charge in [0, 0.05) is 4.47 Å². The molecule has 0 saturated heterocycles. The summed E-state index contributed by atoms with van der Waals surface area (Å²) in [5, 5.41) is 0.392. The molecule has 0 aliphatic heterocycles. The number of hydrogen-bond donors (Lipinski definition) is 1. The summed E-state index contributed by atoms with van der Waals surface area (Å²) in [4.78, 5) is 10.9. The maximum atomic E-state index is 11.6. The van der Waals surface area contributed by atoms with E-state index in [9.17, 15) is 13.2 Å². The molecule has 0 spiro atoms. The van der Waals surface area contributed by atoms with Gasteiger partial charge in [0.1, 0.15) is 0 Å². The lowest BCUT2D eigenvalue weighted by Crippen LogP contribution is -2.19. The molecule has 1 aromatic carbocycles. The van der Waals surface area contributed by atoms with E-state index in [0.717, 1.165) is 0 Å². The van der Waals surface area contributed by atoms with Gasteiger partial charge in [0.15, 0.2) is 0 Å². The fraction of sp³-hybridized carbons (Fsp3) is 0.300. The van der Waals surface area contributed by atoms with Crippen LogP contribution >= 0.6 is 27.5 Å². The van der Waals surface area contributed by atoms with Gasteiger partial charge in [-0.2, -0.15) is 0 Å². The zero-order valence-electron chi connectivity index (χ0n) is 9.44. The van der Waals surface area contributed by atoms with E-state index in [1.807, 2.05) is 0 Å². The third kappa shape index (κ3) is 4.83. The molecule has 0 aromatic heterocycles. The molecule has 5 nitrogen and oxygen atoms in total. The number of benzene rings is 1. The largest absolute Gasteiger partial charge is 0.469 e. The molecule has 1 rings (SSSR count). The van der Waals surface area contributed by atoms with Gasteiger partial charge in [-0.3, -0.25) is 9.52 Å². The predicted octanol–water partition coefficient (Wildman–Crippen LogP) is 2.41. The molecular weight excluding hydrogens is 346 g/mol. The summed E-state index contributed by atoms with van der Waals surface area (Å²) in [7, 11) is -2.39. The molecule has 100 valence electrons. The molecule has 0 radical (unpaired) electrons. The van der Waals surface area contributed by atoms with E-state index in [0.29, 0.717) is 15.2 Å². The van der Waals surface area contributed by atoms with Crippen molar-refractivity contribution in [3.05, 3.63) is 27.7 Å². The van der Waals surface area contributed by atoms with Crippen LogP contribution in [0.15, 0.2) is 22.7 Å². The summed E-state index contributed by atoms with van der Waals surface area (Å²) in [6.07, 6.45) is -0.198. The molecule has 0 aliphatic rings. The third-order valence-corrected chi connectivity index (χ3v) is 4.52. The van der Waals surface area contributed by atoms with Crippen molar-refractivity contribution in [2.75, 3.05) is 17.6 Å². The van der Waals surface area contributed by atoms with Gasteiger partial charge in [-0.1, -0.05) is 11.6 Å². The predicted molar refractivity (Wildman–Crippen MR) is 73.2 cm³/mol. The summed E-state index contributed by atoms with van der Waals surface area (Å²) >= 11 is 9.03. The van der Waals surface area contributed by atoms with Crippen molar-refractivity contribution in [1.82, 2.24) is 0 Å². The smallest absolute Gasteiger partial charge is 0.306 e. The maximum Gasteiger partial charge on any atom is 0.306 e. The highest BCUT2D eigenvalue weighted by molar-refractivity contribution is 9.10. The van der Waals surface area contributed by atoms with Crippen molar-refractivity contribution in [2.45, 2.75) is 6.42 Å². The Bertz CT molecular complexity index is 547. The number of halogens is 2. The second-order valence-corrected chi connectivity index (χ2v) is 6.48. The summed E-state index contributed by atoms with van der Waals surface area (Å²) in [6, 6.07) is 4.66. The third-order valence-electron chi connectivity index (χ3n) is 2.00. The Morgan fingerprint density at radius 3 is 2.72 bits per heavy atom. The van der Waals surface area contributed by atoms with Gasteiger partial charge in [0.25, 0.3) is 0 Å². The van der Waals surface area contributed by atoms with Crippen LogP contribution in [-0.4, -0.2) is 27.2 Å². The molecule has 18 heavy (non-hydrogen) atoms. The molecular formula is C10H11BrClNO4S. The van der Waals surface area contributed by atoms with E-state index in [-0.39, 0.29) is 12.2 Å². The van der Waals surface area contributed by atoms with E-state index >= 15 is 0 Å². The monoisotopic (exact) mass is 355 g/mol. The zero-order valence-corrected chi connectivity index (χ0v) is 12.6. The van der Waals surface area contributed by atoms with Gasteiger partial charge < -0.3 is 4.74 Å². The van der Waals surface area contributed by atoms with E-state index < -0.39 is 16.0 Å². The van der Waals surface area contributed by atoms with Crippen LogP contribution in [0.4, 0.5) is 5.69 Å². The van der Waals surface area contributed by atoms with Crippen molar-refractivity contribution < 1.29 is 17.9 Å². The van der Waals surface area contributed by atoms with Crippen molar-refractivity contribution in [2.24, 2.45) is 0 Å². The number of anilines is 1.